The number of para-hydroxylation sites is 1. The number of hydrogen-bond donors (Lipinski definition) is 2. The highest BCUT2D eigenvalue weighted by Gasteiger charge is 2.31. The number of amides is 1. The summed E-state index contributed by atoms with van der Waals surface area (Å²) >= 11 is -0.750. The normalized spacial score (nSPS) is 14.8. The molecule has 0 aromatic heterocycles. The second-order valence-corrected chi connectivity index (χ2v) is 8.45. The molecular formula is C24H25F4N3O7S. The lowest BCUT2D eigenvalue weighted by atomic mass is 10.1. The number of Topliss-reactive ketones (excluding diaryl/α,β-unsaturated/α-hetero) is 1. The summed E-state index contributed by atoms with van der Waals surface area (Å²) in [5, 5.41) is 11.5. The number of carboxylic acid groups (broad SMARTS) is 1. The smallest absolute Gasteiger partial charge is 0.335 e. The van der Waals surface area contributed by atoms with Crippen molar-refractivity contribution in [1.82, 2.24) is 10.2 Å². The third kappa shape index (κ3) is 8.85. The van der Waals surface area contributed by atoms with Crippen LogP contribution in [0.1, 0.15) is 13.3 Å². The maximum Gasteiger partial charge on any atom is 0.335 e. The van der Waals surface area contributed by atoms with E-state index in [4.69, 9.17) is 13.5 Å². The number of carbonyl (C=O) groups excluding carboxylic acids is 2. The number of nitrogens with zero attached hydrogens (tertiary/aromatic N) is 2. The second kappa shape index (κ2) is 14.9. The van der Waals surface area contributed by atoms with E-state index in [2.05, 4.69) is 15.0 Å². The zero-order chi connectivity index (χ0) is 29.1. The predicted octanol–water partition coefficient (Wildman–Crippen LogP) is 1.69. The Balaban J connectivity index is 0.00000170. The van der Waals surface area contributed by atoms with Crippen molar-refractivity contribution in [2.75, 3.05) is 37.7 Å². The van der Waals surface area contributed by atoms with Gasteiger partial charge in [-0.15, -0.1) is 0 Å². The molecule has 1 aliphatic rings. The molecule has 2 N–H and O–H groups in total. The molecule has 0 radical (unpaired) electrons. The largest absolute Gasteiger partial charge is 0.481 e. The van der Waals surface area contributed by atoms with Gasteiger partial charge < -0.3 is 20.1 Å². The van der Waals surface area contributed by atoms with Gasteiger partial charge >= 0.3 is 17.5 Å². The lowest BCUT2D eigenvalue weighted by Gasteiger charge is -2.38. The van der Waals surface area contributed by atoms with Crippen LogP contribution in [0.25, 0.3) is 0 Å². The van der Waals surface area contributed by atoms with E-state index in [-0.39, 0.29) is 6.07 Å². The summed E-state index contributed by atoms with van der Waals surface area (Å²) in [5.41, 5.74) is 1.05. The number of carbonyl (C=O) groups is 3. The Hall–Kier alpha value is -3.85. The Bertz CT molecular complexity index is 1180. The number of piperazine rings is 1. The fourth-order valence-corrected chi connectivity index (χ4v) is 3.81. The molecule has 15 heteroatoms. The van der Waals surface area contributed by atoms with Gasteiger partial charge in [0.1, 0.15) is 12.6 Å². The summed E-state index contributed by atoms with van der Waals surface area (Å²) in [6.45, 7) is 2.84. The zero-order valence-corrected chi connectivity index (χ0v) is 21.4. The van der Waals surface area contributed by atoms with Crippen molar-refractivity contribution in [3.63, 3.8) is 0 Å². The number of ketones is 1. The van der Waals surface area contributed by atoms with Crippen molar-refractivity contribution in [2.24, 2.45) is 0 Å². The number of ether oxygens (including phenoxy) is 1. The van der Waals surface area contributed by atoms with Crippen LogP contribution in [0.3, 0.4) is 0 Å². The molecule has 0 unspecified atom stereocenters. The predicted molar refractivity (Wildman–Crippen MR) is 130 cm³/mol. The fraction of sp³-hybridized carbons (Fsp3) is 0.375. The molecule has 2 aromatic carbocycles. The van der Waals surface area contributed by atoms with Crippen LogP contribution in [-0.4, -0.2) is 81.0 Å². The minimum Gasteiger partial charge on any atom is -0.481 e. The van der Waals surface area contributed by atoms with Gasteiger partial charge in [-0.2, -0.15) is 17.2 Å². The van der Waals surface area contributed by atoms with Gasteiger partial charge in [0.2, 0.25) is 17.5 Å². The van der Waals surface area contributed by atoms with Gasteiger partial charge in [0.05, 0.1) is 12.5 Å². The molecule has 0 aliphatic carbocycles. The van der Waals surface area contributed by atoms with E-state index in [9.17, 15) is 31.9 Å². The van der Waals surface area contributed by atoms with Crippen molar-refractivity contribution in [2.45, 2.75) is 25.4 Å². The maximum absolute atomic E-state index is 13.8. The van der Waals surface area contributed by atoms with Crippen molar-refractivity contribution < 1.29 is 50.2 Å². The number of halogens is 4. The quantitative estimate of drug-likeness (QED) is 0.321. The standard InChI is InChI=1S/C24H25F4N3O5.O2S/c1-14(30-7-9-31(10-8-30)15-5-3-2-4-6-15)24(35)29-18(12-20(33)34)19(32)13-36-23-21(27)16(25)11-17(26)22(23)28;1-3-2/h2-6,11,14,18H,7-10,12-13H2,1H3,(H,29,35)(H,33,34);/t14-,18-;/m0./s1. The van der Waals surface area contributed by atoms with E-state index in [1.807, 2.05) is 35.2 Å². The first-order chi connectivity index (χ1) is 18.5. The van der Waals surface area contributed by atoms with Crippen LogP contribution in [0.5, 0.6) is 5.75 Å². The minimum atomic E-state index is -1.84. The molecule has 3 rings (SSSR count). The number of aliphatic carboxylic acids is 1. The summed E-state index contributed by atoms with van der Waals surface area (Å²) in [5.74, 6) is -11.7. The van der Waals surface area contributed by atoms with Crippen LogP contribution >= 0.6 is 0 Å². The van der Waals surface area contributed by atoms with Gasteiger partial charge in [-0.05, 0) is 19.1 Å². The highest BCUT2D eigenvalue weighted by Crippen LogP contribution is 2.26. The van der Waals surface area contributed by atoms with Gasteiger partial charge in [0.25, 0.3) is 0 Å². The van der Waals surface area contributed by atoms with Crippen molar-refractivity contribution >= 4 is 34.9 Å². The Morgan fingerprint density at radius 3 is 2.05 bits per heavy atom. The molecule has 2 aromatic rings. The lowest BCUT2D eigenvalue weighted by Crippen LogP contribution is -2.56. The summed E-state index contributed by atoms with van der Waals surface area (Å²) < 4.78 is 75.4. The van der Waals surface area contributed by atoms with E-state index in [0.717, 1.165) is 5.69 Å². The summed E-state index contributed by atoms with van der Waals surface area (Å²) in [6, 6.07) is 7.40. The molecule has 1 amide bonds. The first kappa shape index (κ1) is 31.4. The maximum atomic E-state index is 13.8. The third-order valence-corrected chi connectivity index (χ3v) is 5.88. The molecule has 39 heavy (non-hydrogen) atoms. The van der Waals surface area contributed by atoms with Gasteiger partial charge in [0.15, 0.2) is 23.2 Å². The number of benzene rings is 2. The summed E-state index contributed by atoms with van der Waals surface area (Å²) in [6.07, 6.45) is -0.828. The molecule has 0 bridgehead atoms. The minimum absolute atomic E-state index is 0.0200. The van der Waals surface area contributed by atoms with Gasteiger partial charge in [-0.3, -0.25) is 19.3 Å². The van der Waals surface area contributed by atoms with Crippen molar-refractivity contribution in [3.05, 3.63) is 59.7 Å². The van der Waals surface area contributed by atoms with Gasteiger partial charge in [0, 0.05) is 37.9 Å². The fourth-order valence-electron chi connectivity index (χ4n) is 3.81. The molecule has 212 valence electrons. The van der Waals surface area contributed by atoms with E-state index >= 15 is 0 Å². The number of nitrogens with one attached hydrogen (secondary N) is 1. The lowest BCUT2D eigenvalue weighted by molar-refractivity contribution is -0.141. The molecule has 1 heterocycles. The highest BCUT2D eigenvalue weighted by molar-refractivity contribution is 7.51. The molecule has 1 aliphatic heterocycles. The molecule has 1 fully saturated rings. The summed E-state index contributed by atoms with van der Waals surface area (Å²) in [4.78, 5) is 40.6. The summed E-state index contributed by atoms with van der Waals surface area (Å²) in [7, 11) is 0. The Labute approximate surface area is 224 Å². The van der Waals surface area contributed by atoms with Crippen LogP contribution in [0.2, 0.25) is 0 Å². The number of hydrogen-bond acceptors (Lipinski definition) is 8. The van der Waals surface area contributed by atoms with Gasteiger partial charge in [-0.1, -0.05) is 18.2 Å². The van der Waals surface area contributed by atoms with Crippen LogP contribution in [0.4, 0.5) is 23.2 Å². The average Bonchev–Trinajstić information content (AvgIpc) is 2.91. The topological polar surface area (TPSA) is 133 Å². The second-order valence-electron chi connectivity index (χ2n) is 8.31. The highest BCUT2D eigenvalue weighted by atomic mass is 32.1. The molecular weight excluding hydrogens is 550 g/mol. The molecule has 1 saturated heterocycles. The van der Waals surface area contributed by atoms with E-state index in [0.29, 0.717) is 26.2 Å². The molecule has 0 spiro atoms. The van der Waals surface area contributed by atoms with Gasteiger partial charge in [-0.25, -0.2) is 8.78 Å². The Morgan fingerprint density at radius 1 is 1.00 bits per heavy atom. The van der Waals surface area contributed by atoms with Crippen LogP contribution in [0, 0.1) is 23.3 Å². The Kier molecular flexibility index (Phi) is 12.0. The van der Waals surface area contributed by atoms with Crippen molar-refractivity contribution in [3.8, 4) is 5.75 Å². The van der Waals surface area contributed by atoms with E-state index < -0.39 is 83.4 Å². The first-order valence-corrected chi connectivity index (χ1v) is 12.1. The molecule has 10 nitrogen and oxygen atoms in total. The van der Waals surface area contributed by atoms with E-state index in [1.54, 1.807) is 6.92 Å². The number of carboxylic acids is 1. The Morgan fingerprint density at radius 2 is 1.54 bits per heavy atom. The number of rotatable bonds is 10. The van der Waals surface area contributed by atoms with Crippen LogP contribution in [0.15, 0.2) is 36.4 Å². The van der Waals surface area contributed by atoms with E-state index in [1.165, 1.54) is 0 Å². The van der Waals surface area contributed by atoms with Crippen LogP contribution < -0.4 is 15.0 Å². The SMILES string of the molecule is C[C@@H](C(=O)N[C@@H](CC(=O)O)C(=O)COc1c(F)c(F)cc(F)c1F)N1CCN(c2ccccc2)CC1.O=S=O. The zero-order valence-electron chi connectivity index (χ0n) is 20.6. The van der Waals surface area contributed by atoms with Crippen LogP contribution in [-0.2, 0) is 26.0 Å². The monoisotopic (exact) mass is 575 g/mol. The first-order valence-electron chi connectivity index (χ1n) is 11.5. The number of anilines is 1. The molecule has 2 atom stereocenters. The van der Waals surface area contributed by atoms with Crippen molar-refractivity contribution in [1.29, 1.82) is 0 Å². The molecule has 0 saturated carbocycles. The average molecular weight is 576 g/mol. The third-order valence-electron chi connectivity index (χ3n) is 5.88.